The van der Waals surface area contributed by atoms with Crippen LogP contribution in [0.3, 0.4) is 0 Å². The fraction of sp³-hybridized carbons (Fsp3) is 0.308. The lowest BCUT2D eigenvalue weighted by atomic mass is 9.16. The lowest BCUT2D eigenvalue weighted by Crippen LogP contribution is -2.62. The van der Waals surface area contributed by atoms with Crippen molar-refractivity contribution in [2.45, 2.75) is 20.0 Å². The maximum atomic E-state index is 12.5. The molecule has 1 N–H and O–H groups in total. The lowest BCUT2D eigenvalue weighted by molar-refractivity contribution is 0.210. The maximum absolute atomic E-state index is 12.5. The van der Waals surface area contributed by atoms with Gasteiger partial charge >= 0.3 is 0 Å². The zero-order chi connectivity index (χ0) is 23.6. The van der Waals surface area contributed by atoms with Crippen molar-refractivity contribution in [2.24, 2.45) is 0 Å². The van der Waals surface area contributed by atoms with Gasteiger partial charge in [0, 0.05) is 10.9 Å². The van der Waals surface area contributed by atoms with E-state index in [1.54, 1.807) is 0 Å². The van der Waals surface area contributed by atoms with Gasteiger partial charge in [0.2, 0.25) is 5.56 Å². The molecule has 0 aliphatic carbocycles. The van der Waals surface area contributed by atoms with E-state index in [0.717, 1.165) is 44.0 Å². The average molecular weight is 450 g/mol. The Morgan fingerprint density at radius 3 is 1.63 bits per heavy atom. The Morgan fingerprint density at radius 1 is 0.700 bits per heavy atom. The molecule has 2 rings (SSSR count). The van der Waals surface area contributed by atoms with Gasteiger partial charge < -0.3 is 9.72 Å². The number of H-pyrrole nitrogens is 1. The summed E-state index contributed by atoms with van der Waals surface area (Å²) in [6.45, 7) is 0. The molecule has 0 amide bonds. The second-order valence-corrected chi connectivity index (χ2v) is 13.0. The van der Waals surface area contributed by atoms with Crippen LogP contribution in [0.2, 0.25) is 10.4 Å². The first-order chi connectivity index (χ1) is 13.3. The molecular weight excluding hydrogens is 423 g/mol. The van der Waals surface area contributed by atoms with Crippen LogP contribution < -0.4 is 37.6 Å². The zero-order valence-electron chi connectivity index (χ0n) is 21.2. The summed E-state index contributed by atoms with van der Waals surface area (Å²) >= 11 is 3.91. The standard InChI is InChI=1S/C13H27B13BrNO2/c14-2-1-3(15)5(17)9(29)28-7(1)6(18)8(4(2)16)30-13(25,26)11(21,22)10(19,20)12(23,24)27/h14-26H2,(H,28,29). The Labute approximate surface area is 201 Å². The molecule has 0 saturated carbocycles. The molecule has 17 heteroatoms. The summed E-state index contributed by atoms with van der Waals surface area (Å²) in [6, 6.07) is 0. The number of halogens is 1. The Kier molecular flexibility index (Phi) is 6.75. The van der Waals surface area contributed by atoms with E-state index >= 15 is 0 Å². The maximum Gasteiger partial charge on any atom is 0.241 e. The van der Waals surface area contributed by atoms with Crippen LogP contribution in [-0.2, 0) is 0 Å². The number of alkyl halides is 1. The molecule has 142 valence electrons. The van der Waals surface area contributed by atoms with Crippen molar-refractivity contribution >= 4 is 156 Å². The summed E-state index contributed by atoms with van der Waals surface area (Å²) in [5, 5.41) is 0.426. The van der Waals surface area contributed by atoms with Gasteiger partial charge in [-0.05, 0) is 20.4 Å². The predicted molar refractivity (Wildman–Crippen MR) is 174 cm³/mol. The van der Waals surface area contributed by atoms with Crippen LogP contribution in [-0.4, -0.2) is 117 Å². The van der Waals surface area contributed by atoms with Crippen LogP contribution in [0.25, 0.3) is 10.9 Å². The molecule has 1 heterocycles. The van der Waals surface area contributed by atoms with Crippen molar-refractivity contribution in [1.82, 2.24) is 4.98 Å². The highest BCUT2D eigenvalue weighted by Gasteiger charge is 2.53. The predicted octanol–water partition coefficient (Wildman–Crippen LogP) is -13.8. The first-order valence-corrected chi connectivity index (χ1v) is 11.6. The number of aromatic nitrogens is 1. The lowest BCUT2D eigenvalue weighted by Gasteiger charge is -2.58. The molecule has 0 aliphatic heterocycles. The molecule has 0 fully saturated rings. The normalized spacial score (nSPS) is 13.4. The summed E-state index contributed by atoms with van der Waals surface area (Å²) < 4.78 is 6.79. The number of aromatic amines is 1. The van der Waals surface area contributed by atoms with Crippen molar-refractivity contribution < 1.29 is 4.74 Å². The van der Waals surface area contributed by atoms with Gasteiger partial charge in [0.05, 0.1) is 15.7 Å². The largest absolute Gasteiger partial charge is 0.507 e. The molecule has 0 atom stereocenters. The third-order valence-electron chi connectivity index (χ3n) is 8.67. The molecule has 30 heavy (non-hydrogen) atoms. The summed E-state index contributed by atoms with van der Waals surface area (Å²) in [5.41, 5.74) is 5.97. The summed E-state index contributed by atoms with van der Waals surface area (Å²) in [6.07, 6.45) is 0. The Morgan fingerprint density at radius 2 is 1.17 bits per heavy atom. The molecule has 2 aromatic rings. The molecule has 1 aromatic heterocycles. The van der Waals surface area contributed by atoms with E-state index in [2.05, 4.69) is 107 Å². The van der Waals surface area contributed by atoms with Crippen LogP contribution in [0.1, 0.15) is 0 Å². The van der Waals surface area contributed by atoms with E-state index in [4.69, 9.17) is 4.74 Å². The van der Waals surface area contributed by atoms with Crippen LogP contribution in [0.15, 0.2) is 4.79 Å². The number of rotatable bonds is 5. The number of ether oxygens (including phenoxy) is 1. The van der Waals surface area contributed by atoms with Gasteiger partial charge in [0.1, 0.15) is 92.1 Å². The topological polar surface area (TPSA) is 42.1 Å². The molecular formula is C13H27B13BrNO2. The number of nitrogens with one attached hydrogen (secondary N) is 1. The SMILES string of the molecule is Bc1c(OC(B)(B)C(B)(B)C(B)(B)C(B)(B)Br)c(B)c2[nH]c(=O)c(B)c(B)c2c1B. The quantitative estimate of drug-likeness (QED) is 0.364. The van der Waals surface area contributed by atoms with Crippen molar-refractivity contribution in [3.63, 3.8) is 0 Å². The second-order valence-electron chi connectivity index (χ2n) is 11.0. The van der Waals surface area contributed by atoms with Crippen molar-refractivity contribution in [3.8, 4) is 5.75 Å². The van der Waals surface area contributed by atoms with Gasteiger partial charge in [0.25, 0.3) is 0 Å². The summed E-state index contributed by atoms with van der Waals surface area (Å²) in [5.74, 6) is 0.875. The minimum absolute atomic E-state index is 0.0286. The Bertz CT molecular complexity index is 1080. The molecule has 0 bridgehead atoms. The minimum Gasteiger partial charge on any atom is -0.507 e. The molecule has 0 radical (unpaired) electrons. The first kappa shape index (κ1) is 25.8. The van der Waals surface area contributed by atoms with Gasteiger partial charge in [-0.2, -0.15) is 0 Å². The molecule has 0 unspecified atom stereocenters. The fourth-order valence-electron chi connectivity index (χ4n) is 4.35. The fourth-order valence-corrected chi connectivity index (χ4v) is 4.84. The summed E-state index contributed by atoms with van der Waals surface area (Å²) in [7, 11) is 28.2. The van der Waals surface area contributed by atoms with E-state index in [-0.39, 0.29) is 20.1 Å². The number of hydrogen-bond donors (Lipinski definition) is 1. The smallest absolute Gasteiger partial charge is 0.241 e. The van der Waals surface area contributed by atoms with Gasteiger partial charge in [-0.3, -0.25) is 4.79 Å². The highest BCUT2D eigenvalue weighted by Crippen LogP contribution is 2.55. The molecule has 0 spiro atoms. The number of pyridine rings is 1. The van der Waals surface area contributed by atoms with Crippen LogP contribution in [0, 0.1) is 0 Å². The van der Waals surface area contributed by atoms with E-state index in [9.17, 15) is 4.79 Å². The van der Waals surface area contributed by atoms with Gasteiger partial charge in [-0.1, -0.05) is 26.8 Å². The monoisotopic (exact) mass is 451 g/mol. The first-order valence-electron chi connectivity index (χ1n) is 10.8. The number of hydrogen-bond acceptors (Lipinski definition) is 2. The van der Waals surface area contributed by atoms with Gasteiger partial charge in [-0.25, -0.2) is 0 Å². The minimum atomic E-state index is -0.461. The van der Waals surface area contributed by atoms with E-state index < -0.39 is 5.40 Å². The van der Waals surface area contributed by atoms with E-state index in [1.165, 1.54) is 0 Å². The molecule has 0 saturated heterocycles. The number of benzene rings is 1. The number of fused-ring (bicyclic) bond motifs is 1. The van der Waals surface area contributed by atoms with Crippen LogP contribution in [0.5, 0.6) is 5.75 Å². The summed E-state index contributed by atoms with van der Waals surface area (Å²) in [4.78, 5) is 15.6. The third kappa shape index (κ3) is 3.79. The zero-order valence-corrected chi connectivity index (χ0v) is 22.8. The second kappa shape index (κ2) is 7.85. The third-order valence-corrected chi connectivity index (χ3v) is 9.66. The highest BCUT2D eigenvalue weighted by atomic mass is 79.9. The van der Waals surface area contributed by atoms with E-state index in [0.29, 0.717) is 0 Å². The van der Waals surface area contributed by atoms with E-state index in [1.807, 2.05) is 15.7 Å². The average Bonchev–Trinajstić information content (AvgIpc) is 2.59. The van der Waals surface area contributed by atoms with Crippen molar-refractivity contribution in [1.29, 1.82) is 0 Å². The molecule has 3 nitrogen and oxygen atoms in total. The Balaban J connectivity index is 2.76. The highest BCUT2D eigenvalue weighted by molar-refractivity contribution is 9.11. The van der Waals surface area contributed by atoms with Crippen LogP contribution >= 0.6 is 15.9 Å². The molecule has 1 aromatic carbocycles. The van der Waals surface area contributed by atoms with Gasteiger partial charge in [-0.15, -0.1) is 15.9 Å². The molecule has 0 aliphatic rings. The Hall–Kier alpha value is -0.446. The van der Waals surface area contributed by atoms with Crippen molar-refractivity contribution in [2.75, 3.05) is 0 Å². The van der Waals surface area contributed by atoms with Gasteiger partial charge in [0.15, 0.2) is 0 Å². The van der Waals surface area contributed by atoms with Crippen molar-refractivity contribution in [3.05, 3.63) is 10.4 Å². The van der Waals surface area contributed by atoms with Crippen LogP contribution in [0.4, 0.5) is 0 Å².